The van der Waals surface area contributed by atoms with E-state index in [1.54, 1.807) is 12.1 Å². The van der Waals surface area contributed by atoms with Crippen molar-refractivity contribution in [3.8, 4) is 0 Å². The van der Waals surface area contributed by atoms with Gasteiger partial charge in [0.15, 0.2) is 11.5 Å². The van der Waals surface area contributed by atoms with Crippen LogP contribution in [0.4, 0.5) is 0 Å². The molecule has 1 aliphatic heterocycles. The van der Waals surface area contributed by atoms with E-state index in [0.717, 1.165) is 54.9 Å². The molecule has 0 bridgehead atoms. The van der Waals surface area contributed by atoms with Crippen LogP contribution in [-0.2, 0) is 0 Å². The van der Waals surface area contributed by atoms with Crippen molar-refractivity contribution in [2.24, 2.45) is 0 Å². The summed E-state index contributed by atoms with van der Waals surface area (Å²) in [5.41, 5.74) is 2.75. The van der Waals surface area contributed by atoms with Crippen LogP contribution in [0, 0.1) is 6.92 Å². The molecule has 0 saturated carbocycles. The van der Waals surface area contributed by atoms with Crippen molar-refractivity contribution >= 4 is 22.6 Å². The molecular formula is C22H26N4O3. The number of carbonyl (C=O) groups is 2. The Morgan fingerprint density at radius 3 is 2.59 bits per heavy atom. The summed E-state index contributed by atoms with van der Waals surface area (Å²) in [6.07, 6.45) is 1.49. The quantitative estimate of drug-likeness (QED) is 0.601. The first-order chi connectivity index (χ1) is 14.1. The molecule has 1 aromatic carbocycles. The summed E-state index contributed by atoms with van der Waals surface area (Å²) in [5.74, 6) is 0.313. The van der Waals surface area contributed by atoms with E-state index in [4.69, 9.17) is 4.42 Å². The number of hydrogen-bond acceptors (Lipinski definition) is 5. The molecule has 7 heteroatoms. The molecule has 1 fully saturated rings. The summed E-state index contributed by atoms with van der Waals surface area (Å²) < 4.78 is 5.09. The first-order valence-corrected chi connectivity index (χ1v) is 9.99. The number of furan rings is 1. The molecule has 1 amide bonds. The smallest absolute Gasteiger partial charge is 0.287 e. The van der Waals surface area contributed by atoms with Crippen molar-refractivity contribution in [1.82, 2.24) is 20.1 Å². The number of para-hydroxylation sites is 1. The Morgan fingerprint density at radius 2 is 1.83 bits per heavy atom. The first-order valence-electron chi connectivity index (χ1n) is 9.99. The van der Waals surface area contributed by atoms with Gasteiger partial charge in [0.25, 0.3) is 5.91 Å². The molecule has 1 aliphatic rings. The Balaban J connectivity index is 1.24. The molecular weight excluding hydrogens is 368 g/mol. The number of benzene rings is 1. The van der Waals surface area contributed by atoms with Gasteiger partial charge in [0.1, 0.15) is 0 Å². The lowest BCUT2D eigenvalue weighted by Gasteiger charge is -2.34. The summed E-state index contributed by atoms with van der Waals surface area (Å²) in [5, 5.41) is 3.87. The predicted molar refractivity (Wildman–Crippen MR) is 111 cm³/mol. The molecule has 4 rings (SSSR count). The second-order valence-corrected chi connectivity index (χ2v) is 7.44. The van der Waals surface area contributed by atoms with Gasteiger partial charge in [0.05, 0.1) is 12.8 Å². The topological polar surface area (TPSA) is 81.6 Å². The number of aromatic nitrogens is 1. The molecule has 3 heterocycles. The summed E-state index contributed by atoms with van der Waals surface area (Å²) in [4.78, 5) is 32.6. The third-order valence-electron chi connectivity index (χ3n) is 5.46. The number of nitrogens with one attached hydrogen (secondary N) is 2. The molecule has 3 aromatic rings. The molecule has 0 aliphatic carbocycles. The lowest BCUT2D eigenvalue weighted by Crippen LogP contribution is -2.49. The third kappa shape index (κ3) is 4.41. The fourth-order valence-corrected chi connectivity index (χ4v) is 3.91. The summed E-state index contributed by atoms with van der Waals surface area (Å²) in [6.45, 7) is 7.23. The van der Waals surface area contributed by atoms with Crippen molar-refractivity contribution in [1.29, 1.82) is 0 Å². The van der Waals surface area contributed by atoms with E-state index in [-0.39, 0.29) is 11.7 Å². The van der Waals surface area contributed by atoms with Crippen LogP contribution in [0.15, 0.2) is 47.1 Å². The predicted octanol–water partition coefficient (Wildman–Crippen LogP) is 2.30. The zero-order chi connectivity index (χ0) is 20.2. The lowest BCUT2D eigenvalue weighted by atomic mass is 10.1. The van der Waals surface area contributed by atoms with Gasteiger partial charge in [-0.1, -0.05) is 18.2 Å². The molecule has 29 heavy (non-hydrogen) atoms. The number of H-pyrrole nitrogens is 1. The van der Waals surface area contributed by atoms with Crippen LogP contribution in [0.1, 0.15) is 26.6 Å². The van der Waals surface area contributed by atoms with E-state index < -0.39 is 0 Å². The number of aromatic amines is 1. The normalized spacial score (nSPS) is 15.6. The van der Waals surface area contributed by atoms with Gasteiger partial charge in [-0.25, -0.2) is 0 Å². The number of nitrogens with zero attached hydrogens (tertiary/aromatic N) is 2. The number of aryl methyl sites for hydroxylation is 1. The number of ketones is 1. The van der Waals surface area contributed by atoms with Crippen LogP contribution in [0.5, 0.6) is 0 Å². The zero-order valence-corrected chi connectivity index (χ0v) is 16.6. The maximum absolute atomic E-state index is 12.9. The molecule has 1 saturated heterocycles. The van der Waals surface area contributed by atoms with Gasteiger partial charge in [0.2, 0.25) is 0 Å². The number of piperazine rings is 1. The van der Waals surface area contributed by atoms with Gasteiger partial charge in [-0.3, -0.25) is 19.4 Å². The number of amides is 1. The number of fused-ring (bicyclic) bond motifs is 1. The lowest BCUT2D eigenvalue weighted by molar-refractivity contribution is 0.0837. The highest BCUT2D eigenvalue weighted by Gasteiger charge is 2.22. The number of hydrogen-bond donors (Lipinski definition) is 2. The highest BCUT2D eigenvalue weighted by atomic mass is 16.3. The van der Waals surface area contributed by atoms with Crippen LogP contribution in [0.25, 0.3) is 10.9 Å². The summed E-state index contributed by atoms with van der Waals surface area (Å²) in [6, 6.07) is 11.3. The van der Waals surface area contributed by atoms with E-state index in [9.17, 15) is 9.59 Å². The fraction of sp³-hybridized carbons (Fsp3) is 0.364. The molecule has 7 nitrogen and oxygen atoms in total. The van der Waals surface area contributed by atoms with E-state index in [1.165, 1.54) is 6.26 Å². The minimum absolute atomic E-state index is 0.166. The van der Waals surface area contributed by atoms with Crippen molar-refractivity contribution in [2.45, 2.75) is 6.92 Å². The Kier molecular flexibility index (Phi) is 5.78. The highest BCUT2D eigenvalue weighted by molar-refractivity contribution is 6.10. The Morgan fingerprint density at radius 1 is 1.07 bits per heavy atom. The molecule has 2 N–H and O–H groups in total. The van der Waals surface area contributed by atoms with E-state index >= 15 is 0 Å². The third-order valence-corrected chi connectivity index (χ3v) is 5.46. The van der Waals surface area contributed by atoms with Gasteiger partial charge in [0, 0.05) is 61.4 Å². The van der Waals surface area contributed by atoms with Crippen molar-refractivity contribution in [3.63, 3.8) is 0 Å². The Hall–Kier alpha value is -2.90. The molecule has 152 valence electrons. The van der Waals surface area contributed by atoms with Crippen LogP contribution >= 0.6 is 0 Å². The van der Waals surface area contributed by atoms with Gasteiger partial charge in [-0.15, -0.1) is 0 Å². The van der Waals surface area contributed by atoms with Crippen LogP contribution in [0.3, 0.4) is 0 Å². The molecule has 0 spiro atoms. The van der Waals surface area contributed by atoms with Gasteiger partial charge in [-0.2, -0.15) is 0 Å². The van der Waals surface area contributed by atoms with E-state index in [2.05, 4.69) is 20.1 Å². The largest absolute Gasteiger partial charge is 0.459 e. The molecule has 2 aromatic heterocycles. The summed E-state index contributed by atoms with van der Waals surface area (Å²) in [7, 11) is 0. The van der Waals surface area contributed by atoms with Crippen molar-refractivity contribution < 1.29 is 14.0 Å². The summed E-state index contributed by atoms with van der Waals surface area (Å²) >= 11 is 0. The fourth-order valence-electron chi connectivity index (χ4n) is 3.91. The minimum Gasteiger partial charge on any atom is -0.459 e. The highest BCUT2D eigenvalue weighted by Crippen LogP contribution is 2.22. The second-order valence-electron chi connectivity index (χ2n) is 7.44. The van der Waals surface area contributed by atoms with E-state index in [0.29, 0.717) is 18.8 Å². The van der Waals surface area contributed by atoms with Crippen LogP contribution < -0.4 is 5.32 Å². The second kappa shape index (κ2) is 8.63. The van der Waals surface area contributed by atoms with Gasteiger partial charge >= 0.3 is 0 Å². The maximum atomic E-state index is 12.9. The number of Topliss-reactive ketones (excluding diaryl/α,β-unsaturated/α-hetero) is 1. The zero-order valence-electron chi connectivity index (χ0n) is 16.6. The van der Waals surface area contributed by atoms with E-state index in [1.807, 2.05) is 31.2 Å². The molecule has 0 radical (unpaired) electrons. The van der Waals surface area contributed by atoms with Crippen molar-refractivity contribution in [2.75, 3.05) is 45.8 Å². The first kappa shape index (κ1) is 19.4. The average Bonchev–Trinajstić information content (AvgIpc) is 3.36. The Bertz CT molecular complexity index is 985. The SMILES string of the molecule is Cc1[nH]c2ccccc2c1C(=O)CN1CCN(CCNC(=O)c2ccco2)CC1. The molecule has 0 unspecified atom stereocenters. The van der Waals surface area contributed by atoms with Crippen molar-refractivity contribution in [3.05, 3.63) is 59.7 Å². The maximum Gasteiger partial charge on any atom is 0.287 e. The van der Waals surface area contributed by atoms with Crippen LogP contribution in [-0.4, -0.2) is 72.3 Å². The monoisotopic (exact) mass is 394 g/mol. The molecule has 0 atom stereocenters. The number of carbonyl (C=O) groups excluding carboxylic acids is 2. The van der Waals surface area contributed by atoms with Gasteiger partial charge < -0.3 is 14.7 Å². The minimum atomic E-state index is -0.187. The van der Waals surface area contributed by atoms with Gasteiger partial charge in [-0.05, 0) is 25.1 Å². The standard InChI is InChI=1S/C22H26N4O3/c1-16-21(17-5-2-3-6-18(17)24-16)19(27)15-26-12-10-25(11-13-26)9-8-23-22(28)20-7-4-14-29-20/h2-7,14,24H,8-13,15H2,1H3,(H,23,28). The van der Waals surface area contributed by atoms with Crippen LogP contribution in [0.2, 0.25) is 0 Å². The number of rotatable bonds is 7. The Labute approximate surface area is 169 Å². The average molecular weight is 394 g/mol.